The van der Waals surface area contributed by atoms with Crippen LogP contribution in [0.4, 0.5) is 17.1 Å². The van der Waals surface area contributed by atoms with Gasteiger partial charge >= 0.3 is 0 Å². The van der Waals surface area contributed by atoms with E-state index in [0.29, 0.717) is 12.3 Å². The summed E-state index contributed by atoms with van der Waals surface area (Å²) in [6, 6.07) is 19.0. The first-order valence-electron chi connectivity index (χ1n) is 9.05. The van der Waals surface area contributed by atoms with E-state index in [0.717, 1.165) is 34.8 Å². The molecule has 1 amide bonds. The molecule has 3 rings (SSSR count). The Morgan fingerprint density at radius 1 is 1.00 bits per heavy atom. The lowest BCUT2D eigenvalue weighted by molar-refractivity contribution is 0.102. The molecule has 5 heteroatoms. The molecule has 0 aliphatic heterocycles. The third-order valence-electron chi connectivity index (χ3n) is 4.10. The van der Waals surface area contributed by atoms with Crippen molar-refractivity contribution in [3.05, 3.63) is 78.1 Å². The maximum absolute atomic E-state index is 12.6. The lowest BCUT2D eigenvalue weighted by Crippen LogP contribution is -2.15. The second kappa shape index (κ2) is 8.85. The highest BCUT2D eigenvalue weighted by molar-refractivity contribution is 6.03. The molecule has 1 heterocycles. The van der Waals surface area contributed by atoms with E-state index in [4.69, 9.17) is 4.74 Å². The number of anilines is 3. The Hall–Kier alpha value is -3.34. The van der Waals surface area contributed by atoms with Crippen molar-refractivity contribution >= 4 is 23.0 Å². The molecule has 0 aliphatic rings. The molecule has 5 nitrogen and oxygen atoms in total. The van der Waals surface area contributed by atoms with Crippen molar-refractivity contribution < 1.29 is 9.53 Å². The number of nitrogens with zero attached hydrogens (tertiary/aromatic N) is 1. The number of carbonyl (C=O) groups excluding carboxylic acids is 1. The largest absolute Gasteiger partial charge is 0.492 e. The molecule has 2 N–H and O–H groups in total. The van der Waals surface area contributed by atoms with Crippen molar-refractivity contribution in [2.24, 2.45) is 0 Å². The number of aryl methyl sites for hydroxylation is 1. The Labute approximate surface area is 159 Å². The second-order valence-corrected chi connectivity index (χ2v) is 5.95. The number of ether oxygens (including phenoxy) is 1. The molecule has 0 saturated heterocycles. The third kappa shape index (κ3) is 4.64. The second-order valence-electron chi connectivity index (χ2n) is 5.95. The minimum atomic E-state index is -0.238. The number of hydrogen-bond acceptors (Lipinski definition) is 4. The van der Waals surface area contributed by atoms with Gasteiger partial charge in [0.1, 0.15) is 11.4 Å². The van der Waals surface area contributed by atoms with Crippen LogP contribution < -0.4 is 15.4 Å². The number of hydrogen-bond donors (Lipinski definition) is 2. The maximum Gasteiger partial charge on any atom is 0.274 e. The maximum atomic E-state index is 12.6. The normalized spacial score (nSPS) is 10.3. The molecular formula is C22H23N3O2. The number of aromatic nitrogens is 1. The molecule has 2 aromatic carbocycles. The van der Waals surface area contributed by atoms with E-state index in [1.807, 2.05) is 61.5 Å². The molecule has 0 aliphatic carbocycles. The van der Waals surface area contributed by atoms with Crippen LogP contribution >= 0.6 is 0 Å². The van der Waals surface area contributed by atoms with Crippen LogP contribution in [-0.2, 0) is 6.42 Å². The van der Waals surface area contributed by atoms with E-state index in [-0.39, 0.29) is 5.91 Å². The zero-order chi connectivity index (χ0) is 19.1. The van der Waals surface area contributed by atoms with Gasteiger partial charge in [-0.2, -0.15) is 0 Å². The van der Waals surface area contributed by atoms with Crippen molar-refractivity contribution in [1.29, 1.82) is 0 Å². The number of nitrogens with one attached hydrogen (secondary N) is 2. The van der Waals surface area contributed by atoms with Crippen molar-refractivity contribution in [2.75, 3.05) is 17.2 Å². The lowest BCUT2D eigenvalue weighted by Gasteiger charge is -2.13. The highest BCUT2D eigenvalue weighted by Crippen LogP contribution is 2.27. The fourth-order valence-corrected chi connectivity index (χ4v) is 2.78. The van der Waals surface area contributed by atoms with Gasteiger partial charge in [0, 0.05) is 17.6 Å². The van der Waals surface area contributed by atoms with Crippen LogP contribution in [0.3, 0.4) is 0 Å². The summed E-state index contributed by atoms with van der Waals surface area (Å²) in [5.74, 6) is 0.525. The molecule has 0 bridgehead atoms. The summed E-state index contributed by atoms with van der Waals surface area (Å²) in [5, 5.41) is 6.24. The van der Waals surface area contributed by atoms with E-state index in [9.17, 15) is 4.79 Å². The van der Waals surface area contributed by atoms with Gasteiger partial charge in [-0.15, -0.1) is 0 Å². The molecule has 138 valence electrons. The van der Waals surface area contributed by atoms with Crippen LogP contribution in [0.5, 0.6) is 5.75 Å². The lowest BCUT2D eigenvalue weighted by atomic mass is 10.1. The van der Waals surface area contributed by atoms with Gasteiger partial charge in [-0.1, -0.05) is 37.3 Å². The number of para-hydroxylation sites is 3. The summed E-state index contributed by atoms with van der Waals surface area (Å²) in [6.45, 7) is 4.59. The standard InChI is InChI=1S/C22H23N3O2/c1-3-16-9-5-6-10-18(16)25-22(26)20-15-17(13-14-23-20)24-19-11-7-8-12-21(19)27-4-2/h5-15H,3-4H2,1-2H3,(H,23,24)(H,25,26). The summed E-state index contributed by atoms with van der Waals surface area (Å²) in [4.78, 5) is 16.8. The molecule has 0 unspecified atom stereocenters. The van der Waals surface area contributed by atoms with Crippen LogP contribution in [0.2, 0.25) is 0 Å². The van der Waals surface area contributed by atoms with Gasteiger partial charge in [-0.3, -0.25) is 9.78 Å². The van der Waals surface area contributed by atoms with E-state index in [1.165, 1.54) is 0 Å². The highest BCUT2D eigenvalue weighted by Gasteiger charge is 2.11. The number of rotatable bonds is 7. The summed E-state index contributed by atoms with van der Waals surface area (Å²) < 4.78 is 5.63. The Bertz CT molecular complexity index is 925. The molecule has 1 aromatic heterocycles. The zero-order valence-corrected chi connectivity index (χ0v) is 15.5. The van der Waals surface area contributed by atoms with Gasteiger partial charge in [0.15, 0.2) is 0 Å². The molecule has 27 heavy (non-hydrogen) atoms. The quantitative estimate of drug-likeness (QED) is 0.619. The molecule has 0 spiro atoms. The van der Waals surface area contributed by atoms with Crippen molar-refractivity contribution in [3.63, 3.8) is 0 Å². The number of pyridine rings is 1. The van der Waals surface area contributed by atoms with Crippen LogP contribution in [0.1, 0.15) is 29.9 Å². The number of amides is 1. The van der Waals surface area contributed by atoms with Crippen LogP contribution in [-0.4, -0.2) is 17.5 Å². The average molecular weight is 361 g/mol. The van der Waals surface area contributed by atoms with Gasteiger partial charge in [0.05, 0.1) is 12.3 Å². The number of benzene rings is 2. The van der Waals surface area contributed by atoms with Crippen molar-refractivity contribution in [3.8, 4) is 5.75 Å². The third-order valence-corrected chi connectivity index (χ3v) is 4.10. The fraction of sp³-hybridized carbons (Fsp3) is 0.182. The smallest absolute Gasteiger partial charge is 0.274 e. The van der Waals surface area contributed by atoms with E-state index in [1.54, 1.807) is 12.3 Å². The van der Waals surface area contributed by atoms with Gasteiger partial charge in [-0.25, -0.2) is 0 Å². The summed E-state index contributed by atoms with van der Waals surface area (Å²) in [5.41, 5.74) is 3.86. The summed E-state index contributed by atoms with van der Waals surface area (Å²) >= 11 is 0. The van der Waals surface area contributed by atoms with Gasteiger partial charge < -0.3 is 15.4 Å². The zero-order valence-electron chi connectivity index (χ0n) is 15.5. The van der Waals surface area contributed by atoms with Crippen molar-refractivity contribution in [2.45, 2.75) is 20.3 Å². The first-order chi connectivity index (χ1) is 13.2. The highest BCUT2D eigenvalue weighted by atomic mass is 16.5. The van der Waals surface area contributed by atoms with Gasteiger partial charge in [0.2, 0.25) is 0 Å². The van der Waals surface area contributed by atoms with Crippen LogP contribution in [0, 0.1) is 0 Å². The average Bonchev–Trinajstić information content (AvgIpc) is 2.70. The molecule has 3 aromatic rings. The van der Waals surface area contributed by atoms with Crippen molar-refractivity contribution in [1.82, 2.24) is 4.98 Å². The molecular weight excluding hydrogens is 338 g/mol. The summed E-state index contributed by atoms with van der Waals surface area (Å²) in [7, 11) is 0. The molecule has 0 fully saturated rings. The van der Waals surface area contributed by atoms with Gasteiger partial charge in [-0.05, 0) is 49.2 Å². The molecule has 0 atom stereocenters. The number of carbonyl (C=O) groups is 1. The Balaban J connectivity index is 1.78. The van der Waals surface area contributed by atoms with E-state index in [2.05, 4.69) is 22.5 Å². The Morgan fingerprint density at radius 3 is 2.52 bits per heavy atom. The van der Waals surface area contributed by atoms with Crippen LogP contribution in [0.15, 0.2) is 66.9 Å². The molecule has 0 saturated carbocycles. The first-order valence-corrected chi connectivity index (χ1v) is 9.05. The SMILES string of the molecule is CCOc1ccccc1Nc1ccnc(C(=O)Nc2ccccc2CC)c1. The first kappa shape index (κ1) is 18.5. The minimum absolute atomic E-state index is 0.238. The predicted molar refractivity (Wildman–Crippen MR) is 109 cm³/mol. The minimum Gasteiger partial charge on any atom is -0.492 e. The topological polar surface area (TPSA) is 63.2 Å². The van der Waals surface area contributed by atoms with E-state index < -0.39 is 0 Å². The monoisotopic (exact) mass is 361 g/mol. The van der Waals surface area contributed by atoms with E-state index >= 15 is 0 Å². The molecule has 0 radical (unpaired) electrons. The fourth-order valence-electron chi connectivity index (χ4n) is 2.78. The Kier molecular flexibility index (Phi) is 6.05. The predicted octanol–water partition coefficient (Wildman–Crippen LogP) is 5.04. The van der Waals surface area contributed by atoms with Crippen LogP contribution in [0.25, 0.3) is 0 Å². The summed E-state index contributed by atoms with van der Waals surface area (Å²) in [6.07, 6.45) is 2.46. The Morgan fingerprint density at radius 2 is 1.74 bits per heavy atom. The van der Waals surface area contributed by atoms with Gasteiger partial charge in [0.25, 0.3) is 5.91 Å².